The van der Waals surface area contributed by atoms with E-state index >= 15 is 4.39 Å². The molecule has 0 N–H and O–H groups in total. The highest BCUT2D eigenvalue weighted by Crippen LogP contribution is 2.40. The van der Waals surface area contributed by atoms with Crippen LogP contribution in [0, 0.1) is 5.82 Å². The number of halogens is 2. The van der Waals surface area contributed by atoms with Gasteiger partial charge >= 0.3 is 19.2 Å². The van der Waals surface area contributed by atoms with E-state index in [4.69, 9.17) is 18.8 Å². The van der Waals surface area contributed by atoms with E-state index in [1.807, 2.05) is 27.7 Å². The van der Waals surface area contributed by atoms with E-state index in [0.717, 1.165) is 11.8 Å². The molecule has 0 radical (unpaired) electrons. The Labute approximate surface area is 219 Å². The van der Waals surface area contributed by atoms with Crippen molar-refractivity contribution < 1.29 is 36.6 Å². The van der Waals surface area contributed by atoms with E-state index in [0.29, 0.717) is 9.77 Å². The van der Waals surface area contributed by atoms with Crippen LogP contribution in [0.2, 0.25) is 0 Å². The first-order valence-electron chi connectivity index (χ1n) is 11.4. The van der Waals surface area contributed by atoms with Crippen LogP contribution >= 0.6 is 24.1 Å². The molecule has 0 aromatic heterocycles. The number of carbonyl (C=O) groups excluding carboxylic acids is 2. The number of carbonyl (C=O) groups is 2. The van der Waals surface area contributed by atoms with Gasteiger partial charge in [-0.15, -0.1) is 3.89 Å². The second-order valence-electron chi connectivity index (χ2n) is 10.5. The molecule has 2 heterocycles. The Morgan fingerprint density at radius 1 is 1.22 bits per heavy atom. The van der Waals surface area contributed by atoms with Crippen molar-refractivity contribution in [1.29, 1.82) is 0 Å². The molecule has 2 aliphatic rings. The van der Waals surface area contributed by atoms with Gasteiger partial charge in [0.25, 0.3) is 0 Å². The fourth-order valence-corrected chi connectivity index (χ4v) is 5.05. The monoisotopic (exact) mass is 544 g/mol. The molecular formula is C23H31BF2N2O6S2. The van der Waals surface area contributed by atoms with Gasteiger partial charge in [-0.3, -0.25) is 9.79 Å². The molecule has 2 unspecified atom stereocenters. The molecule has 0 spiro atoms. The molecule has 1 amide bonds. The molecule has 1 aromatic carbocycles. The Bertz CT molecular complexity index is 1030. The summed E-state index contributed by atoms with van der Waals surface area (Å²) < 4.78 is 51.9. The fraction of sp³-hybridized carbons (Fsp3) is 0.609. The average molecular weight is 544 g/mol. The summed E-state index contributed by atoms with van der Waals surface area (Å²) in [6.07, 6.45) is -0.930. The van der Waals surface area contributed by atoms with Gasteiger partial charge in [-0.05, 0) is 66.4 Å². The Morgan fingerprint density at radius 3 is 2.36 bits per heavy atom. The summed E-state index contributed by atoms with van der Waals surface area (Å²) in [6.45, 7) is 12.6. The first-order valence-corrected chi connectivity index (χ1v) is 12.9. The second kappa shape index (κ2) is 10.5. The van der Waals surface area contributed by atoms with Gasteiger partial charge in [-0.2, -0.15) is 4.31 Å². The molecule has 1 aromatic rings. The number of aliphatic imine (C=N–C) groups is 1. The maximum absolute atomic E-state index is 15.1. The number of amidine groups is 1. The second-order valence-corrected chi connectivity index (χ2v) is 12.2. The zero-order valence-electron chi connectivity index (χ0n) is 21.6. The first-order chi connectivity index (χ1) is 16.6. The summed E-state index contributed by atoms with van der Waals surface area (Å²) in [5.41, 5.74) is -1.36. The maximum Gasteiger partial charge on any atom is 0.494 e. The van der Waals surface area contributed by atoms with Gasteiger partial charge in [0.2, 0.25) is 0 Å². The molecule has 3 rings (SSSR count). The van der Waals surface area contributed by atoms with Crippen LogP contribution in [0.1, 0.15) is 66.5 Å². The predicted molar refractivity (Wildman–Crippen MR) is 137 cm³/mol. The summed E-state index contributed by atoms with van der Waals surface area (Å²) in [5, 5.41) is -0.992. The topological polar surface area (TPSA) is 86.7 Å². The van der Waals surface area contributed by atoms with Crippen molar-refractivity contribution in [3.8, 4) is 0 Å². The molecule has 0 saturated carbocycles. The fourth-order valence-electron chi connectivity index (χ4n) is 3.55. The summed E-state index contributed by atoms with van der Waals surface area (Å²) in [5.74, 6) is -1.18. The highest BCUT2D eigenvalue weighted by molar-refractivity contribution is 8.16. The summed E-state index contributed by atoms with van der Waals surface area (Å²) in [7, 11) is 0.477. The normalized spacial score (nSPS) is 23.2. The molecule has 8 nitrogen and oxygen atoms in total. The summed E-state index contributed by atoms with van der Waals surface area (Å²) in [6, 6.07) is 3.49. The Balaban J connectivity index is 2.00. The first kappa shape index (κ1) is 28.7. The molecule has 0 aliphatic carbocycles. The van der Waals surface area contributed by atoms with Crippen LogP contribution in [0.15, 0.2) is 23.2 Å². The molecule has 1 saturated heterocycles. The van der Waals surface area contributed by atoms with Gasteiger partial charge < -0.3 is 18.8 Å². The van der Waals surface area contributed by atoms with Crippen molar-refractivity contribution in [1.82, 2.24) is 4.31 Å². The maximum atomic E-state index is 15.1. The van der Waals surface area contributed by atoms with Gasteiger partial charge in [0.15, 0.2) is 17.5 Å². The summed E-state index contributed by atoms with van der Waals surface area (Å²) in [4.78, 5) is 29.5. The minimum atomic E-state index is -1.00. The highest BCUT2D eigenvalue weighted by atomic mass is 32.2. The molecule has 0 bridgehead atoms. The SMILES string of the molecule is COC(=O)C1CC(c2cc(B3OC(C)(C)C(C)(C)O3)ccc2F)N=C(N(SF)C(=O)OC(C)(C)C)S1. The van der Waals surface area contributed by atoms with Crippen molar-refractivity contribution >= 4 is 53.9 Å². The smallest absolute Gasteiger partial charge is 0.468 e. The van der Waals surface area contributed by atoms with E-state index in [1.54, 1.807) is 32.9 Å². The number of nitrogens with zero attached hydrogens (tertiary/aromatic N) is 2. The summed E-state index contributed by atoms with van der Waals surface area (Å²) >= 11 is 0.445. The average Bonchev–Trinajstić information content (AvgIpc) is 2.99. The van der Waals surface area contributed by atoms with Crippen molar-refractivity contribution in [2.75, 3.05) is 7.11 Å². The quantitative estimate of drug-likeness (QED) is 0.299. The zero-order valence-corrected chi connectivity index (χ0v) is 23.2. The van der Waals surface area contributed by atoms with Gasteiger partial charge in [0, 0.05) is 5.56 Å². The third-order valence-corrected chi connectivity index (χ3v) is 7.87. The Kier molecular flexibility index (Phi) is 8.39. The lowest BCUT2D eigenvalue weighted by molar-refractivity contribution is -0.140. The number of rotatable bonds is 4. The van der Waals surface area contributed by atoms with E-state index in [1.165, 1.54) is 13.2 Å². The number of thioether (sulfide) groups is 1. The Hall–Kier alpha value is -1.83. The van der Waals surface area contributed by atoms with Crippen LogP contribution in [0.4, 0.5) is 13.1 Å². The van der Waals surface area contributed by atoms with Crippen LogP contribution in [0.3, 0.4) is 0 Å². The highest BCUT2D eigenvalue weighted by Gasteiger charge is 2.52. The molecule has 2 aliphatic heterocycles. The van der Waals surface area contributed by atoms with Crippen molar-refractivity contribution in [2.24, 2.45) is 4.99 Å². The molecule has 1 fully saturated rings. The van der Waals surface area contributed by atoms with Gasteiger partial charge in [0.05, 0.1) is 24.4 Å². The largest absolute Gasteiger partial charge is 0.494 e. The third-order valence-electron chi connectivity index (χ3n) is 6.12. The van der Waals surface area contributed by atoms with Crippen LogP contribution in [0.5, 0.6) is 0 Å². The number of amides is 1. The molecule has 198 valence electrons. The number of methoxy groups -OCH3 is 1. The number of ether oxygens (including phenoxy) is 2. The third kappa shape index (κ3) is 6.17. The number of hydrogen-bond acceptors (Lipinski definition) is 9. The number of esters is 1. The van der Waals surface area contributed by atoms with E-state index in [9.17, 15) is 13.5 Å². The molecule has 2 atom stereocenters. The lowest BCUT2D eigenvalue weighted by Crippen LogP contribution is -2.41. The van der Waals surface area contributed by atoms with E-state index < -0.39 is 65.4 Å². The van der Waals surface area contributed by atoms with Gasteiger partial charge in [-0.25, -0.2) is 9.18 Å². The van der Waals surface area contributed by atoms with Crippen LogP contribution in [-0.2, 0) is 23.6 Å². The van der Waals surface area contributed by atoms with Crippen molar-refractivity contribution in [3.63, 3.8) is 0 Å². The lowest BCUT2D eigenvalue weighted by atomic mass is 9.77. The van der Waals surface area contributed by atoms with E-state index in [-0.39, 0.29) is 17.2 Å². The lowest BCUT2D eigenvalue weighted by Gasteiger charge is -2.32. The zero-order chi connectivity index (χ0) is 27.1. The van der Waals surface area contributed by atoms with Crippen LogP contribution in [-0.4, -0.2) is 57.8 Å². The predicted octanol–water partition coefficient (Wildman–Crippen LogP) is 4.97. The molecular weight excluding hydrogens is 513 g/mol. The van der Waals surface area contributed by atoms with Crippen LogP contribution in [0.25, 0.3) is 0 Å². The minimum absolute atomic E-state index is 0.0731. The molecule has 36 heavy (non-hydrogen) atoms. The number of benzene rings is 1. The molecule has 13 heteroatoms. The van der Waals surface area contributed by atoms with Crippen LogP contribution < -0.4 is 5.46 Å². The van der Waals surface area contributed by atoms with Crippen molar-refractivity contribution in [2.45, 2.75) is 83.0 Å². The Morgan fingerprint density at radius 2 is 1.83 bits per heavy atom. The standard InChI is InChI=1S/C23H31BF2N2O6S2/c1-21(2,3)32-20(30)28(36-26)19-27-16(12-17(35-19)18(29)31-8)14-11-13(9-10-15(14)25)24-33-22(4,5)23(6,7)34-24/h9-11,16-17H,12H2,1-8H3. The van der Waals surface area contributed by atoms with E-state index in [2.05, 4.69) is 4.99 Å². The number of hydrogen-bond donors (Lipinski definition) is 0. The van der Waals surface area contributed by atoms with Gasteiger partial charge in [0.1, 0.15) is 16.7 Å². The minimum Gasteiger partial charge on any atom is -0.468 e. The van der Waals surface area contributed by atoms with Crippen molar-refractivity contribution in [3.05, 3.63) is 29.6 Å². The van der Waals surface area contributed by atoms with Gasteiger partial charge in [-0.1, -0.05) is 23.9 Å².